The molecule has 0 unspecified atom stereocenters. The van der Waals surface area contributed by atoms with E-state index >= 15 is 0 Å². The SMILES string of the molecule is C[C@H](Sc1nnc(C(C)(C)C)n1N)C(=O)Nc1ccc(Br)cc1. The Balaban J connectivity index is 2.04. The molecule has 0 radical (unpaired) electrons. The second-order valence-corrected chi connectivity index (χ2v) is 8.41. The number of thioether (sulfide) groups is 1. The summed E-state index contributed by atoms with van der Waals surface area (Å²) in [6, 6.07) is 7.42. The lowest BCUT2D eigenvalue weighted by Crippen LogP contribution is -2.26. The van der Waals surface area contributed by atoms with Crippen molar-refractivity contribution in [3.63, 3.8) is 0 Å². The minimum absolute atomic E-state index is 0.113. The molecule has 1 aromatic heterocycles. The van der Waals surface area contributed by atoms with Crippen LogP contribution in [0.1, 0.15) is 33.5 Å². The summed E-state index contributed by atoms with van der Waals surface area (Å²) in [5.41, 5.74) is 0.541. The molecule has 124 valence electrons. The molecule has 1 atom stereocenters. The van der Waals surface area contributed by atoms with E-state index in [2.05, 4.69) is 31.4 Å². The number of nitrogens with one attached hydrogen (secondary N) is 1. The predicted octanol–water partition coefficient (Wildman–Crippen LogP) is 3.17. The number of nitrogen functional groups attached to an aromatic ring is 1. The van der Waals surface area contributed by atoms with E-state index in [-0.39, 0.29) is 16.6 Å². The first-order chi connectivity index (χ1) is 10.7. The predicted molar refractivity (Wildman–Crippen MR) is 97.0 cm³/mol. The number of carbonyl (C=O) groups is 1. The maximum absolute atomic E-state index is 12.3. The van der Waals surface area contributed by atoms with Gasteiger partial charge in [-0.3, -0.25) is 4.79 Å². The molecule has 2 rings (SSSR count). The lowest BCUT2D eigenvalue weighted by atomic mass is 9.96. The summed E-state index contributed by atoms with van der Waals surface area (Å²) in [6.45, 7) is 7.85. The van der Waals surface area contributed by atoms with Crippen LogP contribution in [0.3, 0.4) is 0 Å². The highest BCUT2D eigenvalue weighted by molar-refractivity contribution is 9.10. The van der Waals surface area contributed by atoms with Gasteiger partial charge in [0.1, 0.15) is 0 Å². The fourth-order valence-corrected chi connectivity index (χ4v) is 2.89. The number of carbonyl (C=O) groups excluding carboxylic acids is 1. The maximum atomic E-state index is 12.3. The highest BCUT2D eigenvalue weighted by atomic mass is 79.9. The molecule has 0 fully saturated rings. The molecule has 0 aliphatic rings. The molecule has 1 heterocycles. The van der Waals surface area contributed by atoms with Crippen LogP contribution in [-0.4, -0.2) is 26.0 Å². The van der Waals surface area contributed by atoms with E-state index in [1.165, 1.54) is 16.4 Å². The van der Waals surface area contributed by atoms with Crippen LogP contribution in [-0.2, 0) is 10.2 Å². The molecule has 8 heteroatoms. The van der Waals surface area contributed by atoms with Gasteiger partial charge in [-0.15, -0.1) is 10.2 Å². The van der Waals surface area contributed by atoms with Crippen molar-refractivity contribution in [3.8, 4) is 0 Å². The van der Waals surface area contributed by atoms with Crippen molar-refractivity contribution < 1.29 is 4.79 Å². The van der Waals surface area contributed by atoms with Crippen LogP contribution < -0.4 is 11.2 Å². The van der Waals surface area contributed by atoms with Gasteiger partial charge in [-0.25, -0.2) is 4.68 Å². The largest absolute Gasteiger partial charge is 0.336 e. The molecule has 1 aromatic carbocycles. The van der Waals surface area contributed by atoms with Crippen molar-refractivity contribution in [1.29, 1.82) is 0 Å². The first-order valence-electron chi connectivity index (χ1n) is 7.12. The lowest BCUT2D eigenvalue weighted by molar-refractivity contribution is -0.115. The molecular formula is C15H20BrN5OS. The van der Waals surface area contributed by atoms with Crippen LogP contribution in [0.15, 0.2) is 33.9 Å². The number of nitrogens with two attached hydrogens (primary N) is 1. The van der Waals surface area contributed by atoms with Gasteiger partial charge in [0, 0.05) is 15.6 Å². The molecule has 0 aliphatic heterocycles. The molecule has 23 heavy (non-hydrogen) atoms. The van der Waals surface area contributed by atoms with E-state index in [1.807, 2.05) is 52.0 Å². The highest BCUT2D eigenvalue weighted by Crippen LogP contribution is 2.26. The minimum atomic E-state index is -0.349. The smallest absolute Gasteiger partial charge is 0.237 e. The minimum Gasteiger partial charge on any atom is -0.336 e. The van der Waals surface area contributed by atoms with E-state index in [0.29, 0.717) is 11.0 Å². The van der Waals surface area contributed by atoms with Crippen molar-refractivity contribution in [2.75, 3.05) is 11.2 Å². The average molecular weight is 398 g/mol. The zero-order chi connectivity index (χ0) is 17.2. The third kappa shape index (κ3) is 4.48. The topological polar surface area (TPSA) is 85.8 Å². The molecule has 1 amide bonds. The van der Waals surface area contributed by atoms with Gasteiger partial charge in [0.05, 0.1) is 5.25 Å². The molecule has 2 aromatic rings. The fourth-order valence-electron chi connectivity index (χ4n) is 1.86. The van der Waals surface area contributed by atoms with Gasteiger partial charge in [0.15, 0.2) is 5.82 Å². The molecular weight excluding hydrogens is 378 g/mol. The molecule has 0 aliphatic carbocycles. The van der Waals surface area contributed by atoms with Crippen LogP contribution in [0.5, 0.6) is 0 Å². The Morgan fingerprint density at radius 1 is 1.30 bits per heavy atom. The number of halogens is 1. The maximum Gasteiger partial charge on any atom is 0.237 e. The third-order valence-corrected chi connectivity index (χ3v) is 4.68. The first kappa shape index (κ1) is 17.8. The Morgan fingerprint density at radius 3 is 2.43 bits per heavy atom. The number of hydrogen-bond acceptors (Lipinski definition) is 5. The monoisotopic (exact) mass is 397 g/mol. The van der Waals surface area contributed by atoms with E-state index in [0.717, 1.165) is 10.2 Å². The number of aromatic nitrogens is 3. The summed E-state index contributed by atoms with van der Waals surface area (Å²) in [6.07, 6.45) is 0. The summed E-state index contributed by atoms with van der Waals surface area (Å²) in [5, 5.41) is 11.3. The second kappa shape index (κ2) is 6.92. The van der Waals surface area contributed by atoms with Gasteiger partial charge in [0.2, 0.25) is 11.1 Å². The summed E-state index contributed by atoms with van der Waals surface area (Å²) >= 11 is 4.64. The number of amides is 1. The molecule has 3 N–H and O–H groups in total. The molecule has 0 bridgehead atoms. The van der Waals surface area contributed by atoms with Crippen molar-refractivity contribution in [3.05, 3.63) is 34.6 Å². The van der Waals surface area contributed by atoms with Gasteiger partial charge >= 0.3 is 0 Å². The van der Waals surface area contributed by atoms with Crippen LogP contribution in [0.4, 0.5) is 5.69 Å². The number of hydrogen-bond donors (Lipinski definition) is 2. The zero-order valence-corrected chi connectivity index (χ0v) is 15.9. The lowest BCUT2D eigenvalue weighted by Gasteiger charge is -2.17. The van der Waals surface area contributed by atoms with Gasteiger partial charge in [-0.05, 0) is 31.2 Å². The number of rotatable bonds is 4. The Morgan fingerprint density at radius 2 is 1.91 bits per heavy atom. The van der Waals surface area contributed by atoms with E-state index in [1.54, 1.807) is 0 Å². The van der Waals surface area contributed by atoms with Crippen LogP contribution in [0.2, 0.25) is 0 Å². The number of nitrogens with zero attached hydrogens (tertiary/aromatic N) is 3. The third-order valence-electron chi connectivity index (χ3n) is 3.10. The first-order valence-corrected chi connectivity index (χ1v) is 8.80. The Kier molecular flexibility index (Phi) is 5.36. The summed E-state index contributed by atoms with van der Waals surface area (Å²) in [5.74, 6) is 6.61. The Bertz CT molecular complexity index is 693. The molecule has 0 saturated carbocycles. The average Bonchev–Trinajstić information content (AvgIpc) is 2.82. The number of anilines is 1. The standard InChI is InChI=1S/C15H20BrN5OS/c1-9(12(22)18-11-7-5-10(16)6-8-11)23-14-20-19-13(21(14)17)15(2,3)4/h5-9H,17H2,1-4H3,(H,18,22)/t9-/m0/s1. The van der Waals surface area contributed by atoms with E-state index in [4.69, 9.17) is 5.84 Å². The van der Waals surface area contributed by atoms with Gasteiger partial charge < -0.3 is 11.2 Å². The summed E-state index contributed by atoms with van der Waals surface area (Å²) < 4.78 is 2.41. The van der Waals surface area contributed by atoms with E-state index < -0.39 is 0 Å². The van der Waals surface area contributed by atoms with Gasteiger partial charge in [-0.2, -0.15) is 0 Å². The quantitative estimate of drug-likeness (QED) is 0.610. The van der Waals surface area contributed by atoms with Crippen molar-refractivity contribution in [1.82, 2.24) is 14.9 Å². The highest BCUT2D eigenvalue weighted by Gasteiger charge is 2.25. The van der Waals surface area contributed by atoms with Crippen molar-refractivity contribution >= 4 is 39.3 Å². The zero-order valence-electron chi connectivity index (χ0n) is 13.5. The van der Waals surface area contributed by atoms with Crippen molar-refractivity contribution in [2.45, 2.75) is 43.5 Å². The molecule has 0 saturated heterocycles. The molecule has 6 nitrogen and oxygen atoms in total. The van der Waals surface area contributed by atoms with Crippen molar-refractivity contribution in [2.24, 2.45) is 0 Å². The fraction of sp³-hybridized carbons (Fsp3) is 0.400. The summed E-state index contributed by atoms with van der Waals surface area (Å²) in [4.78, 5) is 12.3. The normalized spacial score (nSPS) is 12.9. The number of benzene rings is 1. The van der Waals surface area contributed by atoms with Crippen LogP contribution >= 0.6 is 27.7 Å². The molecule has 0 spiro atoms. The Labute approximate surface area is 148 Å². The van der Waals surface area contributed by atoms with Gasteiger partial charge in [-0.1, -0.05) is 48.5 Å². The Hall–Kier alpha value is -1.54. The van der Waals surface area contributed by atoms with Crippen LogP contribution in [0.25, 0.3) is 0 Å². The van der Waals surface area contributed by atoms with Crippen LogP contribution in [0, 0.1) is 0 Å². The second-order valence-electron chi connectivity index (χ2n) is 6.18. The summed E-state index contributed by atoms with van der Waals surface area (Å²) in [7, 11) is 0. The van der Waals surface area contributed by atoms with Gasteiger partial charge in [0.25, 0.3) is 0 Å². The van der Waals surface area contributed by atoms with E-state index in [9.17, 15) is 4.79 Å².